The van der Waals surface area contributed by atoms with Gasteiger partial charge in [-0.05, 0) is 42.5 Å². The molecule has 1 aromatic heterocycles. The van der Waals surface area contributed by atoms with Crippen LogP contribution in [0, 0.1) is 11.3 Å². The first-order chi connectivity index (χ1) is 17.7. The van der Waals surface area contributed by atoms with Gasteiger partial charge < -0.3 is 10.1 Å². The number of nitrogens with one attached hydrogen (secondary N) is 1. The maximum Gasteiger partial charge on any atom is 0.417 e. The Morgan fingerprint density at radius 1 is 1.19 bits per heavy atom. The summed E-state index contributed by atoms with van der Waals surface area (Å²) in [5, 5.41) is 17.0. The first-order valence-corrected chi connectivity index (χ1v) is 11.7. The fourth-order valence-corrected chi connectivity index (χ4v) is 4.27. The molecule has 0 saturated carbocycles. The van der Waals surface area contributed by atoms with E-state index in [2.05, 4.69) is 15.4 Å². The molecule has 2 aromatic carbocycles. The number of alkyl halides is 3. The van der Waals surface area contributed by atoms with Crippen molar-refractivity contribution >= 4 is 35.1 Å². The number of hydrazone groups is 1. The molecular weight excluding hydrogens is 507 g/mol. The minimum Gasteiger partial charge on any atom is -0.497 e. The summed E-state index contributed by atoms with van der Waals surface area (Å²) in [7, 11) is 1.46. The molecule has 1 aliphatic heterocycles. The lowest BCUT2D eigenvalue weighted by molar-refractivity contribution is -0.138. The van der Waals surface area contributed by atoms with Crippen LogP contribution in [0.15, 0.2) is 70.8 Å². The minimum atomic E-state index is -4.81. The second-order valence-corrected chi connectivity index (χ2v) is 8.64. The number of anilines is 1. The predicted octanol–water partition coefficient (Wildman–Crippen LogP) is 4.61. The van der Waals surface area contributed by atoms with Gasteiger partial charge in [0.1, 0.15) is 22.7 Å². The van der Waals surface area contributed by atoms with Crippen molar-refractivity contribution in [3.8, 4) is 23.1 Å². The van der Waals surface area contributed by atoms with Gasteiger partial charge in [0.15, 0.2) is 0 Å². The number of rotatable bonds is 6. The number of benzene rings is 2. The molecule has 0 saturated heterocycles. The third-order valence-corrected chi connectivity index (χ3v) is 6.16. The second kappa shape index (κ2) is 10.7. The summed E-state index contributed by atoms with van der Waals surface area (Å²) in [5.41, 5.74) is -0.929. The first-order valence-electron chi connectivity index (χ1n) is 10.7. The molecule has 12 heteroatoms. The van der Waals surface area contributed by atoms with Gasteiger partial charge in [-0.3, -0.25) is 9.59 Å². The van der Waals surface area contributed by atoms with Crippen molar-refractivity contribution in [2.75, 3.05) is 17.9 Å². The summed E-state index contributed by atoms with van der Waals surface area (Å²) in [4.78, 5) is 29.0. The minimum absolute atomic E-state index is 0.0128. The highest BCUT2D eigenvalue weighted by atomic mass is 32.2. The molecule has 0 aliphatic carbocycles. The fraction of sp³-hybridized carbons (Fsp3) is 0.160. The molecule has 0 atom stereocenters. The molecule has 0 unspecified atom stereocenters. The molecule has 4 rings (SSSR count). The van der Waals surface area contributed by atoms with Crippen molar-refractivity contribution in [2.45, 2.75) is 17.6 Å². The van der Waals surface area contributed by atoms with Crippen LogP contribution in [0.5, 0.6) is 5.75 Å². The molecule has 0 radical (unpaired) electrons. The summed E-state index contributed by atoms with van der Waals surface area (Å²) in [6.45, 7) is 0. The van der Waals surface area contributed by atoms with Gasteiger partial charge in [-0.2, -0.15) is 28.5 Å². The van der Waals surface area contributed by atoms with E-state index in [0.29, 0.717) is 28.8 Å². The number of thioether (sulfide) groups is 1. The Bertz CT molecular complexity index is 1400. The molecule has 0 bridgehead atoms. The number of carbonyl (C=O) groups excluding carboxylic acids is 2. The Kier molecular flexibility index (Phi) is 7.45. The highest BCUT2D eigenvalue weighted by Gasteiger charge is 2.36. The number of pyridine rings is 1. The van der Waals surface area contributed by atoms with Crippen LogP contribution in [0.4, 0.5) is 18.9 Å². The Balaban J connectivity index is 1.55. The van der Waals surface area contributed by atoms with Gasteiger partial charge in [0.25, 0.3) is 5.91 Å². The monoisotopic (exact) mass is 525 g/mol. The van der Waals surface area contributed by atoms with Gasteiger partial charge >= 0.3 is 6.18 Å². The van der Waals surface area contributed by atoms with Gasteiger partial charge in [0, 0.05) is 5.56 Å². The summed E-state index contributed by atoms with van der Waals surface area (Å²) >= 11 is 0.684. The Morgan fingerprint density at radius 2 is 1.89 bits per heavy atom. The van der Waals surface area contributed by atoms with Crippen LogP contribution in [0.3, 0.4) is 0 Å². The number of carbonyl (C=O) groups is 2. The number of nitrogens with zero attached hydrogens (tertiary/aromatic N) is 4. The van der Waals surface area contributed by atoms with E-state index in [4.69, 9.17) is 4.74 Å². The van der Waals surface area contributed by atoms with Crippen LogP contribution < -0.4 is 15.1 Å². The average Bonchev–Trinajstić information content (AvgIpc) is 3.26. The largest absolute Gasteiger partial charge is 0.497 e. The predicted molar refractivity (Wildman–Crippen MR) is 131 cm³/mol. The quantitative estimate of drug-likeness (QED) is 0.471. The number of methoxy groups -OCH3 is 1. The van der Waals surface area contributed by atoms with E-state index in [1.807, 2.05) is 0 Å². The van der Waals surface area contributed by atoms with Gasteiger partial charge in [0.05, 0.1) is 41.8 Å². The molecule has 1 N–H and O–H groups in total. The Labute approximate surface area is 213 Å². The number of amides is 2. The number of amidine groups is 1. The summed E-state index contributed by atoms with van der Waals surface area (Å²) in [5.74, 6) is -0.691. The zero-order valence-electron chi connectivity index (χ0n) is 19.2. The maximum absolute atomic E-state index is 13.8. The van der Waals surface area contributed by atoms with Crippen LogP contribution in [-0.2, 0) is 15.8 Å². The first kappa shape index (κ1) is 25.7. The number of ether oxygens (including phenoxy) is 1. The van der Waals surface area contributed by atoms with Crippen molar-refractivity contribution in [1.29, 1.82) is 5.26 Å². The lowest BCUT2D eigenvalue weighted by atomic mass is 10.1. The van der Waals surface area contributed by atoms with Gasteiger partial charge in [-0.1, -0.05) is 30.0 Å². The third kappa shape index (κ3) is 5.90. The van der Waals surface area contributed by atoms with Gasteiger partial charge in [-0.25, -0.2) is 4.98 Å². The molecule has 3 aromatic rings. The van der Waals surface area contributed by atoms with Crippen molar-refractivity contribution < 1.29 is 27.5 Å². The van der Waals surface area contributed by atoms with E-state index >= 15 is 0 Å². The molecule has 1 aliphatic rings. The molecule has 2 heterocycles. The lowest BCUT2D eigenvalue weighted by Crippen LogP contribution is -2.31. The number of aromatic nitrogens is 1. The summed E-state index contributed by atoms with van der Waals surface area (Å²) in [6.07, 6.45) is -4.95. The Morgan fingerprint density at radius 3 is 2.51 bits per heavy atom. The third-order valence-electron chi connectivity index (χ3n) is 5.19. The molecular formula is C25H18F3N5O3S. The summed E-state index contributed by atoms with van der Waals surface area (Å²) in [6, 6.07) is 17.2. The molecule has 2 amide bonds. The van der Waals surface area contributed by atoms with Crippen LogP contribution in [0.1, 0.15) is 17.5 Å². The highest BCUT2D eigenvalue weighted by Crippen LogP contribution is 2.38. The van der Waals surface area contributed by atoms with Crippen LogP contribution in [0.2, 0.25) is 0 Å². The smallest absolute Gasteiger partial charge is 0.417 e. The molecule has 0 spiro atoms. The zero-order chi connectivity index (χ0) is 26.6. The van der Waals surface area contributed by atoms with Gasteiger partial charge in [0.2, 0.25) is 5.91 Å². The average molecular weight is 526 g/mol. The van der Waals surface area contributed by atoms with Crippen molar-refractivity contribution in [3.63, 3.8) is 0 Å². The number of halogens is 3. The van der Waals surface area contributed by atoms with E-state index in [-0.39, 0.29) is 34.6 Å². The van der Waals surface area contributed by atoms with Crippen LogP contribution in [-0.4, -0.2) is 35.5 Å². The van der Waals surface area contributed by atoms with Crippen molar-refractivity contribution in [2.24, 2.45) is 5.10 Å². The number of hydrogen-bond donors (Lipinski definition) is 1. The van der Waals surface area contributed by atoms with Crippen LogP contribution >= 0.6 is 11.8 Å². The molecule has 8 nitrogen and oxygen atoms in total. The SMILES string of the molecule is COc1ccc(-c2cc(C(F)(F)F)c(C#N)c(SCC(=O)NC3=NN(c4ccccc4)C(=O)C3)n2)cc1. The zero-order valence-corrected chi connectivity index (χ0v) is 20.1. The fourth-order valence-electron chi connectivity index (χ4n) is 3.47. The topological polar surface area (TPSA) is 108 Å². The van der Waals surface area contributed by atoms with Gasteiger partial charge in [-0.15, -0.1) is 0 Å². The van der Waals surface area contributed by atoms with E-state index < -0.39 is 23.2 Å². The van der Waals surface area contributed by atoms with Crippen molar-refractivity contribution in [1.82, 2.24) is 10.3 Å². The molecule has 188 valence electrons. The van der Waals surface area contributed by atoms with E-state index in [0.717, 1.165) is 11.1 Å². The lowest BCUT2D eigenvalue weighted by Gasteiger charge is -2.14. The van der Waals surface area contributed by atoms with E-state index in [1.165, 1.54) is 7.11 Å². The summed E-state index contributed by atoms with van der Waals surface area (Å²) < 4.78 is 46.4. The van der Waals surface area contributed by atoms with E-state index in [1.54, 1.807) is 60.7 Å². The van der Waals surface area contributed by atoms with Crippen LogP contribution in [0.25, 0.3) is 11.3 Å². The molecule has 37 heavy (non-hydrogen) atoms. The Hall–Kier alpha value is -4.37. The number of hydrogen-bond acceptors (Lipinski definition) is 7. The maximum atomic E-state index is 13.8. The van der Waals surface area contributed by atoms with Crippen molar-refractivity contribution in [3.05, 3.63) is 71.8 Å². The normalized spacial score (nSPS) is 13.2. The number of nitriles is 1. The standard InChI is InChI=1S/C25H18F3N5O3S/c1-36-17-9-7-15(8-10-17)20-11-19(25(26,27)28)18(13-29)24(30-20)37-14-22(34)31-21-12-23(35)33(32-21)16-5-3-2-4-6-16/h2-11H,12,14H2,1H3,(H,31,32,34). The molecule has 0 fully saturated rings. The van der Waals surface area contributed by atoms with E-state index in [9.17, 15) is 28.0 Å². The second-order valence-electron chi connectivity index (χ2n) is 7.67. The highest BCUT2D eigenvalue weighted by molar-refractivity contribution is 8.00. The number of para-hydroxylation sites is 1.